The molecule has 0 aliphatic carbocycles. The quantitative estimate of drug-likeness (QED) is 0.825. The monoisotopic (exact) mass is 219 g/mol. The maximum Gasteiger partial charge on any atom is 0.127 e. The minimum atomic E-state index is 0.445. The molecule has 2 rings (SSSR count). The van der Waals surface area contributed by atoms with Crippen molar-refractivity contribution in [1.82, 2.24) is 5.32 Å². The summed E-state index contributed by atoms with van der Waals surface area (Å²) in [6, 6.07) is 4.87. The van der Waals surface area contributed by atoms with E-state index in [0.29, 0.717) is 12.0 Å². The first-order valence-electron chi connectivity index (χ1n) is 6.08. The van der Waals surface area contributed by atoms with Gasteiger partial charge in [-0.25, -0.2) is 0 Å². The SMILES string of the molecule is CNC1CCOc2c(C)ccc(C(C)C)c21. The van der Waals surface area contributed by atoms with Crippen LogP contribution in [-0.2, 0) is 0 Å². The van der Waals surface area contributed by atoms with E-state index in [-0.39, 0.29) is 0 Å². The van der Waals surface area contributed by atoms with E-state index >= 15 is 0 Å². The van der Waals surface area contributed by atoms with Crippen molar-refractivity contribution in [1.29, 1.82) is 0 Å². The van der Waals surface area contributed by atoms with Gasteiger partial charge < -0.3 is 10.1 Å². The van der Waals surface area contributed by atoms with Gasteiger partial charge in [-0.05, 0) is 31.0 Å². The number of aryl methyl sites for hydroxylation is 1. The maximum atomic E-state index is 5.84. The Balaban J connectivity index is 2.58. The zero-order valence-corrected chi connectivity index (χ0v) is 10.6. The normalized spacial score (nSPS) is 19.4. The summed E-state index contributed by atoms with van der Waals surface area (Å²) in [6.45, 7) is 7.43. The predicted octanol–water partition coefficient (Wildman–Crippen LogP) is 3.16. The van der Waals surface area contributed by atoms with Gasteiger partial charge in [0.1, 0.15) is 5.75 Å². The molecule has 1 aliphatic heterocycles. The van der Waals surface area contributed by atoms with Crippen LogP contribution in [0, 0.1) is 6.92 Å². The topological polar surface area (TPSA) is 21.3 Å². The number of ether oxygens (including phenoxy) is 1. The number of benzene rings is 1. The maximum absolute atomic E-state index is 5.84. The van der Waals surface area contributed by atoms with E-state index in [4.69, 9.17) is 4.74 Å². The molecule has 88 valence electrons. The molecular weight excluding hydrogens is 198 g/mol. The van der Waals surface area contributed by atoms with Gasteiger partial charge >= 0.3 is 0 Å². The lowest BCUT2D eigenvalue weighted by Gasteiger charge is -2.30. The van der Waals surface area contributed by atoms with Gasteiger partial charge in [-0.15, -0.1) is 0 Å². The van der Waals surface area contributed by atoms with Gasteiger partial charge in [-0.1, -0.05) is 26.0 Å². The molecule has 1 atom stereocenters. The lowest BCUT2D eigenvalue weighted by atomic mass is 9.88. The summed E-state index contributed by atoms with van der Waals surface area (Å²) >= 11 is 0. The Hall–Kier alpha value is -1.02. The second kappa shape index (κ2) is 4.46. The van der Waals surface area contributed by atoms with Crippen LogP contribution < -0.4 is 10.1 Å². The highest BCUT2D eigenvalue weighted by Gasteiger charge is 2.25. The van der Waals surface area contributed by atoms with E-state index in [0.717, 1.165) is 18.8 Å². The average Bonchev–Trinajstić information content (AvgIpc) is 2.28. The average molecular weight is 219 g/mol. The predicted molar refractivity (Wildman–Crippen MR) is 67.2 cm³/mol. The summed E-state index contributed by atoms with van der Waals surface area (Å²) in [4.78, 5) is 0. The Morgan fingerprint density at radius 1 is 1.38 bits per heavy atom. The Kier molecular flexibility index (Phi) is 3.20. The summed E-state index contributed by atoms with van der Waals surface area (Å²) in [5.74, 6) is 1.66. The first-order chi connectivity index (χ1) is 7.65. The first kappa shape index (κ1) is 11.5. The van der Waals surface area contributed by atoms with Crippen molar-refractivity contribution in [3.8, 4) is 5.75 Å². The van der Waals surface area contributed by atoms with Crippen molar-refractivity contribution >= 4 is 0 Å². The third-order valence-corrected chi connectivity index (χ3v) is 3.40. The van der Waals surface area contributed by atoms with Gasteiger partial charge in [-0.2, -0.15) is 0 Å². The molecule has 0 fully saturated rings. The zero-order chi connectivity index (χ0) is 11.7. The molecule has 1 N–H and O–H groups in total. The summed E-state index contributed by atoms with van der Waals surface area (Å²) in [5, 5.41) is 3.40. The van der Waals surface area contributed by atoms with Crippen LogP contribution >= 0.6 is 0 Å². The molecule has 1 aromatic rings. The van der Waals surface area contributed by atoms with E-state index in [1.807, 2.05) is 7.05 Å². The lowest BCUT2D eigenvalue weighted by molar-refractivity contribution is 0.254. The van der Waals surface area contributed by atoms with Crippen LogP contribution in [0.25, 0.3) is 0 Å². The third kappa shape index (κ3) is 1.82. The number of rotatable bonds is 2. The van der Waals surface area contributed by atoms with Gasteiger partial charge in [-0.3, -0.25) is 0 Å². The molecule has 0 saturated carbocycles. The van der Waals surface area contributed by atoms with Crippen LogP contribution in [0.5, 0.6) is 5.75 Å². The van der Waals surface area contributed by atoms with E-state index in [9.17, 15) is 0 Å². The number of hydrogen-bond donors (Lipinski definition) is 1. The molecule has 1 aromatic carbocycles. The van der Waals surface area contributed by atoms with Crippen molar-refractivity contribution < 1.29 is 4.74 Å². The van der Waals surface area contributed by atoms with Gasteiger partial charge in [0.25, 0.3) is 0 Å². The summed E-state index contributed by atoms with van der Waals surface area (Å²) in [5.41, 5.74) is 4.04. The Morgan fingerprint density at radius 2 is 2.12 bits per heavy atom. The number of nitrogens with one attached hydrogen (secondary N) is 1. The Labute approximate surface area is 98.0 Å². The van der Waals surface area contributed by atoms with Crippen molar-refractivity contribution in [3.05, 3.63) is 28.8 Å². The van der Waals surface area contributed by atoms with Crippen LogP contribution in [0.4, 0.5) is 0 Å². The smallest absolute Gasteiger partial charge is 0.127 e. The van der Waals surface area contributed by atoms with Gasteiger partial charge in [0.2, 0.25) is 0 Å². The fourth-order valence-corrected chi connectivity index (χ4v) is 2.49. The highest BCUT2D eigenvalue weighted by Crippen LogP contribution is 2.39. The van der Waals surface area contributed by atoms with E-state index in [2.05, 4.69) is 38.2 Å². The van der Waals surface area contributed by atoms with E-state index in [1.54, 1.807) is 0 Å². The summed E-state index contributed by atoms with van der Waals surface area (Å²) in [7, 11) is 2.03. The molecule has 1 aliphatic rings. The molecule has 0 radical (unpaired) electrons. The van der Waals surface area contributed by atoms with Crippen LogP contribution in [0.1, 0.15) is 48.9 Å². The van der Waals surface area contributed by atoms with E-state index in [1.165, 1.54) is 16.7 Å². The molecule has 0 saturated heterocycles. The highest BCUT2D eigenvalue weighted by molar-refractivity contribution is 5.50. The fourth-order valence-electron chi connectivity index (χ4n) is 2.49. The summed E-state index contributed by atoms with van der Waals surface area (Å²) in [6.07, 6.45) is 1.06. The largest absolute Gasteiger partial charge is 0.493 e. The van der Waals surface area contributed by atoms with Crippen LogP contribution in [-0.4, -0.2) is 13.7 Å². The second-order valence-corrected chi connectivity index (χ2v) is 4.85. The minimum Gasteiger partial charge on any atom is -0.493 e. The minimum absolute atomic E-state index is 0.445. The third-order valence-electron chi connectivity index (χ3n) is 3.40. The Morgan fingerprint density at radius 3 is 2.75 bits per heavy atom. The van der Waals surface area contributed by atoms with Crippen molar-refractivity contribution in [2.45, 2.75) is 39.2 Å². The number of fused-ring (bicyclic) bond motifs is 1. The lowest BCUT2D eigenvalue weighted by Crippen LogP contribution is -2.26. The van der Waals surface area contributed by atoms with Gasteiger partial charge in [0.05, 0.1) is 6.61 Å². The van der Waals surface area contributed by atoms with Crippen molar-refractivity contribution in [2.24, 2.45) is 0 Å². The standard InChI is InChI=1S/C14H21NO/c1-9(2)11-6-5-10(3)14-13(11)12(15-4)7-8-16-14/h5-6,9,12,15H,7-8H2,1-4H3. The summed E-state index contributed by atoms with van der Waals surface area (Å²) < 4.78 is 5.84. The molecule has 2 heteroatoms. The second-order valence-electron chi connectivity index (χ2n) is 4.85. The highest BCUT2D eigenvalue weighted by atomic mass is 16.5. The van der Waals surface area contributed by atoms with Crippen LogP contribution in [0.15, 0.2) is 12.1 Å². The number of hydrogen-bond acceptors (Lipinski definition) is 2. The fraction of sp³-hybridized carbons (Fsp3) is 0.571. The molecule has 1 heterocycles. The zero-order valence-electron chi connectivity index (χ0n) is 10.6. The molecule has 2 nitrogen and oxygen atoms in total. The molecule has 1 unspecified atom stereocenters. The first-order valence-corrected chi connectivity index (χ1v) is 6.08. The molecule has 0 amide bonds. The molecule has 16 heavy (non-hydrogen) atoms. The van der Waals surface area contributed by atoms with Crippen LogP contribution in [0.2, 0.25) is 0 Å². The van der Waals surface area contributed by atoms with Gasteiger partial charge in [0, 0.05) is 18.0 Å². The van der Waals surface area contributed by atoms with Crippen molar-refractivity contribution in [3.63, 3.8) is 0 Å². The van der Waals surface area contributed by atoms with Crippen molar-refractivity contribution in [2.75, 3.05) is 13.7 Å². The van der Waals surface area contributed by atoms with Crippen LogP contribution in [0.3, 0.4) is 0 Å². The molecule has 0 bridgehead atoms. The Bertz CT molecular complexity index is 385. The molecule has 0 aromatic heterocycles. The molecular formula is C14H21NO. The van der Waals surface area contributed by atoms with Gasteiger partial charge in [0.15, 0.2) is 0 Å². The van der Waals surface area contributed by atoms with E-state index < -0.39 is 0 Å². The molecule has 0 spiro atoms.